The van der Waals surface area contributed by atoms with Crippen LogP contribution < -0.4 is 4.74 Å². The molecule has 0 bridgehead atoms. The lowest BCUT2D eigenvalue weighted by atomic mass is 9.95. The lowest BCUT2D eigenvalue weighted by Gasteiger charge is -2.25. The number of ether oxygens (including phenoxy) is 1. The molecule has 1 saturated heterocycles. The van der Waals surface area contributed by atoms with Gasteiger partial charge < -0.3 is 14.7 Å². The lowest BCUT2D eigenvalue weighted by molar-refractivity contribution is -0.139. The fourth-order valence-corrected chi connectivity index (χ4v) is 3.34. The zero-order chi connectivity index (χ0) is 20.3. The second-order valence-electron chi connectivity index (χ2n) is 6.63. The summed E-state index contributed by atoms with van der Waals surface area (Å²) in [6.45, 7) is 2.36. The van der Waals surface area contributed by atoms with Crippen molar-refractivity contribution in [3.63, 3.8) is 0 Å². The molecule has 146 valence electrons. The Morgan fingerprint density at radius 1 is 1.11 bits per heavy atom. The molecule has 6 heteroatoms. The van der Waals surface area contributed by atoms with E-state index in [1.807, 2.05) is 6.92 Å². The first kappa shape index (κ1) is 19.6. The number of unbranched alkanes of at least 4 members (excludes halogenated alkanes) is 1. The van der Waals surface area contributed by atoms with E-state index in [4.69, 9.17) is 4.74 Å². The molecule has 1 heterocycles. The third-order valence-corrected chi connectivity index (χ3v) is 4.84. The Balaban J connectivity index is 2.12. The maximum Gasteiger partial charge on any atom is 0.295 e. The maximum atomic E-state index is 13.4. The number of halogens is 1. The van der Waals surface area contributed by atoms with Gasteiger partial charge in [-0.05, 0) is 48.4 Å². The van der Waals surface area contributed by atoms with Crippen LogP contribution in [-0.2, 0) is 9.59 Å². The van der Waals surface area contributed by atoms with Crippen LogP contribution in [0.25, 0.3) is 5.76 Å². The van der Waals surface area contributed by atoms with Crippen molar-refractivity contribution in [3.05, 3.63) is 71.0 Å². The number of benzene rings is 2. The molecule has 3 rings (SSSR count). The van der Waals surface area contributed by atoms with Crippen LogP contribution in [0.1, 0.15) is 36.9 Å². The number of nitrogens with zero attached hydrogens (tertiary/aromatic N) is 1. The summed E-state index contributed by atoms with van der Waals surface area (Å²) in [5, 5.41) is 10.9. The van der Waals surface area contributed by atoms with Gasteiger partial charge in [-0.1, -0.05) is 25.5 Å². The molecular formula is C22H22FNO4. The van der Waals surface area contributed by atoms with Gasteiger partial charge in [-0.3, -0.25) is 9.59 Å². The van der Waals surface area contributed by atoms with Crippen molar-refractivity contribution >= 4 is 17.4 Å². The zero-order valence-corrected chi connectivity index (χ0v) is 15.8. The average molecular weight is 383 g/mol. The second-order valence-corrected chi connectivity index (χ2v) is 6.63. The number of carbonyl (C=O) groups is 2. The first-order valence-electron chi connectivity index (χ1n) is 9.16. The van der Waals surface area contributed by atoms with E-state index >= 15 is 0 Å². The zero-order valence-electron chi connectivity index (χ0n) is 15.8. The van der Waals surface area contributed by atoms with Crippen molar-refractivity contribution in [2.45, 2.75) is 25.8 Å². The van der Waals surface area contributed by atoms with Crippen LogP contribution in [0.4, 0.5) is 4.39 Å². The Morgan fingerprint density at radius 3 is 2.32 bits per heavy atom. The highest BCUT2D eigenvalue weighted by Gasteiger charge is 2.45. The Morgan fingerprint density at radius 2 is 1.75 bits per heavy atom. The molecular weight excluding hydrogens is 361 g/mol. The molecule has 0 aromatic heterocycles. The number of hydrogen-bond acceptors (Lipinski definition) is 4. The molecule has 5 nitrogen and oxygen atoms in total. The molecule has 1 N–H and O–H groups in total. The average Bonchev–Trinajstić information content (AvgIpc) is 2.97. The summed E-state index contributed by atoms with van der Waals surface area (Å²) in [4.78, 5) is 26.9. The molecule has 0 saturated carbocycles. The van der Waals surface area contributed by atoms with E-state index in [1.54, 1.807) is 24.3 Å². The van der Waals surface area contributed by atoms with Gasteiger partial charge in [0, 0.05) is 12.1 Å². The number of methoxy groups -OCH3 is 1. The van der Waals surface area contributed by atoms with Gasteiger partial charge in [0.25, 0.3) is 11.7 Å². The van der Waals surface area contributed by atoms with Crippen molar-refractivity contribution in [3.8, 4) is 5.75 Å². The van der Waals surface area contributed by atoms with Crippen LogP contribution in [0.15, 0.2) is 54.1 Å². The standard InChI is InChI=1S/C22H22FNO4/c1-3-4-13-24-19(14-5-9-16(23)10-6-14)18(21(26)22(24)27)20(25)15-7-11-17(28-2)12-8-15/h5-12,19,25H,3-4,13H2,1-2H3. The predicted octanol–water partition coefficient (Wildman–Crippen LogP) is 4.06. The first-order valence-corrected chi connectivity index (χ1v) is 9.16. The van der Waals surface area contributed by atoms with Crippen LogP contribution in [-0.4, -0.2) is 35.4 Å². The molecule has 28 heavy (non-hydrogen) atoms. The van der Waals surface area contributed by atoms with Gasteiger partial charge in [0.1, 0.15) is 17.3 Å². The second kappa shape index (κ2) is 8.25. The number of likely N-dealkylation sites (tertiary alicyclic amines) is 1. The van der Waals surface area contributed by atoms with Crippen LogP contribution in [0.3, 0.4) is 0 Å². The Kier molecular flexibility index (Phi) is 5.78. The van der Waals surface area contributed by atoms with E-state index in [1.165, 1.54) is 36.3 Å². The van der Waals surface area contributed by atoms with E-state index in [0.717, 1.165) is 6.42 Å². The fourth-order valence-electron chi connectivity index (χ4n) is 3.34. The summed E-state index contributed by atoms with van der Waals surface area (Å²) in [6.07, 6.45) is 1.56. The van der Waals surface area contributed by atoms with Gasteiger partial charge in [0.05, 0.1) is 18.7 Å². The van der Waals surface area contributed by atoms with Gasteiger partial charge >= 0.3 is 0 Å². The number of rotatable bonds is 6. The number of Topliss-reactive ketones (excluding diaryl/α,β-unsaturated/α-hetero) is 1. The Labute approximate surface area is 163 Å². The predicted molar refractivity (Wildman–Crippen MR) is 103 cm³/mol. The molecule has 1 atom stereocenters. The molecule has 1 amide bonds. The number of ketones is 1. The van der Waals surface area contributed by atoms with Gasteiger partial charge in [-0.25, -0.2) is 4.39 Å². The maximum absolute atomic E-state index is 13.4. The largest absolute Gasteiger partial charge is 0.507 e. The Bertz CT molecular complexity index is 903. The number of aliphatic hydroxyl groups excluding tert-OH is 1. The van der Waals surface area contributed by atoms with Crippen molar-refractivity contribution in [1.82, 2.24) is 4.90 Å². The van der Waals surface area contributed by atoms with Crippen molar-refractivity contribution < 1.29 is 23.8 Å². The van der Waals surface area contributed by atoms with E-state index in [0.29, 0.717) is 29.8 Å². The summed E-state index contributed by atoms with van der Waals surface area (Å²) in [7, 11) is 1.53. The summed E-state index contributed by atoms with van der Waals surface area (Å²) in [6, 6.07) is 11.4. The number of aliphatic hydroxyl groups is 1. The summed E-state index contributed by atoms with van der Waals surface area (Å²) < 4.78 is 18.5. The lowest BCUT2D eigenvalue weighted by Crippen LogP contribution is -2.30. The highest BCUT2D eigenvalue weighted by molar-refractivity contribution is 6.46. The summed E-state index contributed by atoms with van der Waals surface area (Å²) in [5.41, 5.74) is 0.992. The summed E-state index contributed by atoms with van der Waals surface area (Å²) in [5.74, 6) is -1.45. The molecule has 0 aliphatic carbocycles. The quantitative estimate of drug-likeness (QED) is 0.464. The van der Waals surface area contributed by atoms with E-state index in [-0.39, 0.29) is 11.3 Å². The topological polar surface area (TPSA) is 66.8 Å². The molecule has 2 aromatic rings. The van der Waals surface area contributed by atoms with Crippen molar-refractivity contribution in [2.24, 2.45) is 0 Å². The molecule has 0 radical (unpaired) electrons. The van der Waals surface area contributed by atoms with E-state index in [9.17, 15) is 19.1 Å². The summed E-state index contributed by atoms with van der Waals surface area (Å²) >= 11 is 0. The third kappa shape index (κ3) is 3.63. The van der Waals surface area contributed by atoms with Gasteiger partial charge in [0.15, 0.2) is 0 Å². The van der Waals surface area contributed by atoms with E-state index < -0.39 is 23.5 Å². The minimum Gasteiger partial charge on any atom is -0.507 e. The van der Waals surface area contributed by atoms with Crippen LogP contribution >= 0.6 is 0 Å². The van der Waals surface area contributed by atoms with E-state index in [2.05, 4.69) is 0 Å². The van der Waals surface area contributed by atoms with Crippen molar-refractivity contribution in [2.75, 3.05) is 13.7 Å². The first-order chi connectivity index (χ1) is 13.5. The molecule has 2 aromatic carbocycles. The monoisotopic (exact) mass is 383 g/mol. The fraction of sp³-hybridized carbons (Fsp3) is 0.273. The van der Waals surface area contributed by atoms with Gasteiger partial charge in [0.2, 0.25) is 0 Å². The van der Waals surface area contributed by atoms with Crippen LogP contribution in [0, 0.1) is 5.82 Å². The molecule has 1 aliphatic heterocycles. The number of carbonyl (C=O) groups excluding carboxylic acids is 2. The normalized spacial score (nSPS) is 18.5. The van der Waals surface area contributed by atoms with Crippen LogP contribution in [0.5, 0.6) is 5.75 Å². The van der Waals surface area contributed by atoms with Gasteiger partial charge in [-0.15, -0.1) is 0 Å². The number of amides is 1. The number of hydrogen-bond donors (Lipinski definition) is 1. The SMILES string of the molecule is CCCCN1C(=O)C(=O)C(=C(O)c2ccc(OC)cc2)C1c1ccc(F)cc1. The minimum atomic E-state index is -0.755. The Hall–Kier alpha value is -3.15. The molecule has 1 aliphatic rings. The van der Waals surface area contributed by atoms with Crippen molar-refractivity contribution in [1.29, 1.82) is 0 Å². The highest BCUT2D eigenvalue weighted by Crippen LogP contribution is 2.39. The highest BCUT2D eigenvalue weighted by atomic mass is 19.1. The molecule has 1 fully saturated rings. The van der Waals surface area contributed by atoms with Gasteiger partial charge in [-0.2, -0.15) is 0 Å². The molecule has 0 spiro atoms. The minimum absolute atomic E-state index is 0.0119. The third-order valence-electron chi connectivity index (χ3n) is 4.84. The molecule has 1 unspecified atom stereocenters. The van der Waals surface area contributed by atoms with Crippen LogP contribution in [0.2, 0.25) is 0 Å². The smallest absolute Gasteiger partial charge is 0.295 e.